The first kappa shape index (κ1) is 15.1. The zero-order chi connectivity index (χ0) is 14.7. The Bertz CT molecular complexity index is 371. The number of ether oxygens (including phenoxy) is 1. The SMILES string of the molecule is CC(C(=O)O)C1CN(C(=O)NCC2CN(C)CCO2)C1. The number of morpholine rings is 1. The lowest BCUT2D eigenvalue weighted by molar-refractivity contribution is -0.144. The van der Waals surface area contributed by atoms with Gasteiger partial charge in [-0.25, -0.2) is 4.79 Å². The molecule has 2 amide bonds. The topological polar surface area (TPSA) is 82.1 Å². The summed E-state index contributed by atoms with van der Waals surface area (Å²) in [5.74, 6) is -1.13. The number of carboxylic acid groups (broad SMARTS) is 1. The first-order valence-electron chi connectivity index (χ1n) is 7.03. The summed E-state index contributed by atoms with van der Waals surface area (Å²) < 4.78 is 5.57. The molecule has 7 heteroatoms. The number of hydrogen-bond donors (Lipinski definition) is 2. The molecular formula is C13H23N3O4. The molecule has 0 spiro atoms. The highest BCUT2D eigenvalue weighted by molar-refractivity contribution is 5.76. The maximum absolute atomic E-state index is 11.9. The van der Waals surface area contributed by atoms with E-state index in [0.29, 0.717) is 26.2 Å². The van der Waals surface area contributed by atoms with E-state index in [4.69, 9.17) is 9.84 Å². The Balaban J connectivity index is 1.66. The van der Waals surface area contributed by atoms with Crippen LogP contribution in [-0.4, -0.2) is 79.4 Å². The second-order valence-corrected chi connectivity index (χ2v) is 5.73. The number of carbonyl (C=O) groups is 2. The molecular weight excluding hydrogens is 262 g/mol. The van der Waals surface area contributed by atoms with Crippen molar-refractivity contribution >= 4 is 12.0 Å². The number of carboxylic acids is 1. The van der Waals surface area contributed by atoms with Crippen molar-refractivity contribution < 1.29 is 19.4 Å². The predicted molar refractivity (Wildman–Crippen MR) is 72.5 cm³/mol. The van der Waals surface area contributed by atoms with Crippen LogP contribution in [0.15, 0.2) is 0 Å². The van der Waals surface area contributed by atoms with Crippen LogP contribution >= 0.6 is 0 Å². The molecule has 2 atom stereocenters. The highest BCUT2D eigenvalue weighted by atomic mass is 16.5. The van der Waals surface area contributed by atoms with E-state index >= 15 is 0 Å². The Labute approximate surface area is 118 Å². The molecule has 0 radical (unpaired) electrons. The second-order valence-electron chi connectivity index (χ2n) is 5.73. The maximum Gasteiger partial charge on any atom is 0.317 e. The summed E-state index contributed by atoms with van der Waals surface area (Å²) in [4.78, 5) is 26.5. The first-order chi connectivity index (χ1) is 9.47. The van der Waals surface area contributed by atoms with Crippen molar-refractivity contribution in [2.24, 2.45) is 11.8 Å². The van der Waals surface area contributed by atoms with Crippen molar-refractivity contribution in [2.45, 2.75) is 13.0 Å². The van der Waals surface area contributed by atoms with Gasteiger partial charge in [-0.1, -0.05) is 6.92 Å². The predicted octanol–water partition coefficient (Wildman–Crippen LogP) is -0.321. The van der Waals surface area contributed by atoms with Gasteiger partial charge in [0.2, 0.25) is 0 Å². The van der Waals surface area contributed by atoms with E-state index < -0.39 is 11.9 Å². The first-order valence-corrected chi connectivity index (χ1v) is 7.03. The summed E-state index contributed by atoms with van der Waals surface area (Å²) in [7, 11) is 2.03. The average molecular weight is 285 g/mol. The molecule has 20 heavy (non-hydrogen) atoms. The summed E-state index contributed by atoms with van der Waals surface area (Å²) >= 11 is 0. The normalized spacial score (nSPS) is 25.9. The molecule has 2 aliphatic heterocycles. The molecule has 2 aliphatic rings. The summed E-state index contributed by atoms with van der Waals surface area (Å²) in [5.41, 5.74) is 0. The highest BCUT2D eigenvalue weighted by Gasteiger charge is 2.37. The smallest absolute Gasteiger partial charge is 0.317 e. The Morgan fingerprint density at radius 3 is 2.70 bits per heavy atom. The van der Waals surface area contributed by atoms with E-state index in [2.05, 4.69) is 10.2 Å². The van der Waals surface area contributed by atoms with Crippen LogP contribution in [0.3, 0.4) is 0 Å². The fourth-order valence-electron chi connectivity index (χ4n) is 2.50. The fourth-order valence-corrected chi connectivity index (χ4v) is 2.50. The van der Waals surface area contributed by atoms with Crippen LogP contribution in [0.2, 0.25) is 0 Å². The van der Waals surface area contributed by atoms with E-state index in [1.807, 2.05) is 7.05 Å². The third kappa shape index (κ3) is 3.61. The van der Waals surface area contributed by atoms with Crippen LogP contribution in [0.25, 0.3) is 0 Å². The lowest BCUT2D eigenvalue weighted by Crippen LogP contribution is -2.57. The zero-order valence-corrected chi connectivity index (χ0v) is 12.0. The number of aliphatic carboxylic acids is 1. The molecule has 2 fully saturated rings. The molecule has 0 saturated carbocycles. The summed E-state index contributed by atoms with van der Waals surface area (Å²) in [6.07, 6.45) is 0.0349. The Hall–Kier alpha value is -1.34. The van der Waals surface area contributed by atoms with Crippen LogP contribution in [0.4, 0.5) is 4.79 Å². The average Bonchev–Trinajstić information content (AvgIpc) is 2.34. The minimum atomic E-state index is -0.797. The minimum absolute atomic E-state index is 0.0349. The molecule has 0 aromatic heterocycles. The van der Waals surface area contributed by atoms with Crippen LogP contribution in [0.1, 0.15) is 6.92 Å². The van der Waals surface area contributed by atoms with Crippen molar-refractivity contribution in [3.8, 4) is 0 Å². The third-order valence-corrected chi connectivity index (χ3v) is 4.12. The lowest BCUT2D eigenvalue weighted by atomic mass is 9.87. The van der Waals surface area contributed by atoms with Gasteiger partial charge in [0.1, 0.15) is 0 Å². The van der Waals surface area contributed by atoms with E-state index in [9.17, 15) is 9.59 Å². The molecule has 0 bridgehead atoms. The maximum atomic E-state index is 11.9. The monoisotopic (exact) mass is 285 g/mol. The molecule has 0 aromatic rings. The number of rotatable bonds is 4. The number of likely N-dealkylation sites (N-methyl/N-ethyl adjacent to an activating group) is 1. The highest BCUT2D eigenvalue weighted by Crippen LogP contribution is 2.23. The van der Waals surface area contributed by atoms with E-state index in [1.165, 1.54) is 0 Å². The van der Waals surface area contributed by atoms with Gasteiger partial charge in [-0.2, -0.15) is 0 Å². The number of carbonyl (C=O) groups excluding carboxylic acids is 1. The van der Waals surface area contributed by atoms with Crippen molar-refractivity contribution in [3.63, 3.8) is 0 Å². The van der Waals surface area contributed by atoms with Gasteiger partial charge in [0, 0.05) is 38.6 Å². The number of likely N-dealkylation sites (tertiary alicyclic amines) is 1. The van der Waals surface area contributed by atoms with Gasteiger partial charge >= 0.3 is 12.0 Å². The zero-order valence-electron chi connectivity index (χ0n) is 12.0. The molecule has 114 valence electrons. The molecule has 2 N–H and O–H groups in total. The molecule has 2 rings (SSSR count). The number of amides is 2. The van der Waals surface area contributed by atoms with Gasteiger partial charge in [-0.3, -0.25) is 4.79 Å². The molecule has 0 aromatic carbocycles. The summed E-state index contributed by atoms with van der Waals surface area (Å²) in [5, 5.41) is 11.8. The quantitative estimate of drug-likeness (QED) is 0.740. The molecule has 0 aliphatic carbocycles. The van der Waals surface area contributed by atoms with Crippen LogP contribution in [0.5, 0.6) is 0 Å². The molecule has 7 nitrogen and oxygen atoms in total. The Kier molecular flexibility index (Phi) is 4.82. The van der Waals surface area contributed by atoms with Crippen LogP contribution in [-0.2, 0) is 9.53 Å². The minimum Gasteiger partial charge on any atom is -0.481 e. The van der Waals surface area contributed by atoms with Crippen molar-refractivity contribution in [3.05, 3.63) is 0 Å². The standard InChI is InChI=1S/C13H23N3O4/c1-9(12(17)18)10-6-16(7-10)13(19)14-5-11-8-15(2)3-4-20-11/h9-11H,3-8H2,1-2H3,(H,14,19)(H,17,18). The number of nitrogens with zero attached hydrogens (tertiary/aromatic N) is 2. The van der Waals surface area contributed by atoms with E-state index in [0.717, 1.165) is 13.1 Å². The Morgan fingerprint density at radius 2 is 2.10 bits per heavy atom. The number of urea groups is 1. The third-order valence-electron chi connectivity index (χ3n) is 4.12. The summed E-state index contributed by atoms with van der Waals surface area (Å²) in [6.45, 7) is 5.66. The van der Waals surface area contributed by atoms with Gasteiger partial charge in [0.15, 0.2) is 0 Å². The van der Waals surface area contributed by atoms with E-state index in [-0.39, 0.29) is 18.1 Å². The van der Waals surface area contributed by atoms with Gasteiger partial charge in [-0.15, -0.1) is 0 Å². The van der Waals surface area contributed by atoms with Gasteiger partial charge in [-0.05, 0) is 7.05 Å². The molecule has 2 heterocycles. The molecule has 2 saturated heterocycles. The lowest BCUT2D eigenvalue weighted by Gasteiger charge is -2.41. The fraction of sp³-hybridized carbons (Fsp3) is 0.846. The van der Waals surface area contributed by atoms with Gasteiger partial charge < -0.3 is 25.0 Å². The second kappa shape index (κ2) is 6.41. The van der Waals surface area contributed by atoms with Crippen molar-refractivity contribution in [1.29, 1.82) is 0 Å². The summed E-state index contributed by atoms with van der Waals surface area (Å²) in [6, 6.07) is -0.129. The number of hydrogen-bond acceptors (Lipinski definition) is 4. The van der Waals surface area contributed by atoms with Gasteiger partial charge in [0.05, 0.1) is 18.6 Å². The van der Waals surface area contributed by atoms with Crippen molar-refractivity contribution in [1.82, 2.24) is 15.1 Å². The van der Waals surface area contributed by atoms with Crippen LogP contribution in [0, 0.1) is 11.8 Å². The van der Waals surface area contributed by atoms with Crippen molar-refractivity contribution in [2.75, 3.05) is 46.4 Å². The van der Waals surface area contributed by atoms with E-state index in [1.54, 1.807) is 11.8 Å². The Morgan fingerprint density at radius 1 is 1.40 bits per heavy atom. The molecule has 2 unspecified atom stereocenters. The number of nitrogens with one attached hydrogen (secondary N) is 1. The van der Waals surface area contributed by atoms with Crippen LogP contribution < -0.4 is 5.32 Å². The largest absolute Gasteiger partial charge is 0.481 e. The van der Waals surface area contributed by atoms with Gasteiger partial charge in [0.25, 0.3) is 0 Å².